The molecule has 4 rings (SSSR count). The SMILES string of the molecule is CCN(CC)C(=O)c1ccc(C(=C2CCNCC2)c2cccc(NCc3ccccc3Cl)c2)cc1. The van der Waals surface area contributed by atoms with E-state index in [1.807, 2.05) is 55.1 Å². The van der Waals surface area contributed by atoms with E-state index in [1.54, 1.807) is 0 Å². The molecule has 3 aromatic rings. The topological polar surface area (TPSA) is 44.4 Å². The number of amides is 1. The zero-order chi connectivity index (χ0) is 24.6. The minimum atomic E-state index is 0.0865. The summed E-state index contributed by atoms with van der Waals surface area (Å²) < 4.78 is 0. The van der Waals surface area contributed by atoms with Crippen LogP contribution in [0, 0.1) is 0 Å². The monoisotopic (exact) mass is 487 g/mol. The van der Waals surface area contributed by atoms with E-state index in [2.05, 4.69) is 47.0 Å². The molecule has 0 aromatic heterocycles. The first-order chi connectivity index (χ1) is 17.1. The van der Waals surface area contributed by atoms with Crippen molar-refractivity contribution in [2.45, 2.75) is 33.2 Å². The van der Waals surface area contributed by atoms with E-state index in [4.69, 9.17) is 11.6 Å². The Hall–Kier alpha value is -3.08. The summed E-state index contributed by atoms with van der Waals surface area (Å²) in [6.45, 7) is 8.11. The van der Waals surface area contributed by atoms with Gasteiger partial charge in [-0.1, -0.05) is 59.6 Å². The average Bonchev–Trinajstić information content (AvgIpc) is 2.90. The second-order valence-corrected chi connectivity index (χ2v) is 9.22. The molecule has 1 saturated heterocycles. The summed E-state index contributed by atoms with van der Waals surface area (Å²) >= 11 is 6.35. The Morgan fingerprint density at radius 1 is 0.886 bits per heavy atom. The number of anilines is 1. The lowest BCUT2D eigenvalue weighted by atomic mass is 9.88. The number of benzene rings is 3. The van der Waals surface area contributed by atoms with Gasteiger partial charge in [-0.2, -0.15) is 0 Å². The predicted octanol–water partition coefficient (Wildman–Crippen LogP) is 6.62. The number of hydrogen-bond acceptors (Lipinski definition) is 3. The van der Waals surface area contributed by atoms with Crippen LogP contribution in [0.15, 0.2) is 78.4 Å². The summed E-state index contributed by atoms with van der Waals surface area (Å²) in [4.78, 5) is 14.7. The zero-order valence-corrected chi connectivity index (χ0v) is 21.4. The van der Waals surface area contributed by atoms with Crippen molar-refractivity contribution in [3.8, 4) is 0 Å². The fourth-order valence-electron chi connectivity index (χ4n) is 4.65. The van der Waals surface area contributed by atoms with Crippen molar-refractivity contribution < 1.29 is 4.79 Å². The van der Waals surface area contributed by atoms with Crippen LogP contribution in [-0.4, -0.2) is 37.0 Å². The molecule has 0 bridgehead atoms. The normalized spacial score (nSPS) is 13.4. The molecule has 2 N–H and O–H groups in total. The summed E-state index contributed by atoms with van der Waals surface area (Å²) in [5.41, 5.74) is 7.94. The number of halogens is 1. The van der Waals surface area contributed by atoms with Crippen LogP contribution >= 0.6 is 11.6 Å². The van der Waals surface area contributed by atoms with Crippen LogP contribution in [-0.2, 0) is 6.54 Å². The minimum Gasteiger partial charge on any atom is -0.381 e. The Balaban J connectivity index is 1.64. The lowest BCUT2D eigenvalue weighted by Gasteiger charge is -2.22. The molecule has 0 atom stereocenters. The van der Waals surface area contributed by atoms with Crippen LogP contribution in [0.2, 0.25) is 5.02 Å². The predicted molar refractivity (Wildman–Crippen MR) is 147 cm³/mol. The number of carbonyl (C=O) groups excluding carboxylic acids is 1. The lowest BCUT2D eigenvalue weighted by molar-refractivity contribution is 0.0773. The molecule has 35 heavy (non-hydrogen) atoms. The molecule has 1 fully saturated rings. The zero-order valence-electron chi connectivity index (χ0n) is 20.6. The van der Waals surface area contributed by atoms with Gasteiger partial charge < -0.3 is 15.5 Å². The molecular weight excluding hydrogens is 454 g/mol. The molecule has 4 nitrogen and oxygen atoms in total. The molecule has 0 unspecified atom stereocenters. The summed E-state index contributed by atoms with van der Waals surface area (Å²) in [6.07, 6.45) is 2.04. The van der Waals surface area contributed by atoms with Crippen molar-refractivity contribution in [3.63, 3.8) is 0 Å². The highest BCUT2D eigenvalue weighted by atomic mass is 35.5. The molecule has 1 aliphatic rings. The first kappa shape index (κ1) is 25.0. The first-order valence-corrected chi connectivity index (χ1v) is 12.9. The highest BCUT2D eigenvalue weighted by molar-refractivity contribution is 6.31. The van der Waals surface area contributed by atoms with Crippen molar-refractivity contribution in [2.75, 3.05) is 31.5 Å². The number of nitrogens with one attached hydrogen (secondary N) is 2. The first-order valence-electron chi connectivity index (χ1n) is 12.5. The Kier molecular flexibility index (Phi) is 8.62. The minimum absolute atomic E-state index is 0.0865. The summed E-state index contributed by atoms with van der Waals surface area (Å²) in [5, 5.41) is 7.77. The number of hydrogen-bond donors (Lipinski definition) is 2. The van der Waals surface area contributed by atoms with E-state index >= 15 is 0 Å². The molecule has 5 heteroatoms. The molecule has 0 aliphatic carbocycles. The molecular formula is C30H34ClN3O. The molecule has 182 valence electrons. The largest absolute Gasteiger partial charge is 0.381 e. The Labute approximate surface area is 214 Å². The number of rotatable bonds is 8. The molecule has 0 saturated carbocycles. The van der Waals surface area contributed by atoms with Crippen LogP contribution in [0.3, 0.4) is 0 Å². The Bertz CT molecular complexity index is 1170. The fourth-order valence-corrected chi connectivity index (χ4v) is 4.85. The van der Waals surface area contributed by atoms with Crippen LogP contribution in [0.25, 0.3) is 5.57 Å². The van der Waals surface area contributed by atoms with Gasteiger partial charge in [0.25, 0.3) is 5.91 Å². The van der Waals surface area contributed by atoms with E-state index < -0.39 is 0 Å². The highest BCUT2D eigenvalue weighted by Gasteiger charge is 2.17. The molecule has 0 radical (unpaired) electrons. The van der Waals surface area contributed by atoms with Gasteiger partial charge in [0, 0.05) is 35.9 Å². The standard InChI is InChI=1S/C30H34ClN3O/c1-3-34(4-2)30(35)24-14-12-22(13-15-24)29(23-16-18-32-19-17-23)25-9-7-10-27(20-25)33-21-26-8-5-6-11-28(26)31/h5-15,20,32-33H,3-4,16-19,21H2,1-2H3. The van der Waals surface area contributed by atoms with Crippen LogP contribution in [0.4, 0.5) is 5.69 Å². The fraction of sp³-hybridized carbons (Fsp3) is 0.300. The highest BCUT2D eigenvalue weighted by Crippen LogP contribution is 2.33. The van der Waals surface area contributed by atoms with E-state index in [9.17, 15) is 4.79 Å². The van der Waals surface area contributed by atoms with Gasteiger partial charge in [0.1, 0.15) is 0 Å². The maximum absolute atomic E-state index is 12.8. The van der Waals surface area contributed by atoms with Gasteiger partial charge in [0.15, 0.2) is 0 Å². The van der Waals surface area contributed by atoms with Gasteiger partial charge in [-0.25, -0.2) is 0 Å². The Morgan fingerprint density at radius 2 is 1.57 bits per heavy atom. The van der Waals surface area contributed by atoms with Gasteiger partial charge in [-0.05, 0) is 92.4 Å². The van der Waals surface area contributed by atoms with E-state index in [1.165, 1.54) is 16.7 Å². The van der Waals surface area contributed by atoms with Crippen LogP contribution in [0.1, 0.15) is 53.7 Å². The molecule has 1 heterocycles. The maximum atomic E-state index is 12.8. The smallest absolute Gasteiger partial charge is 0.253 e. The van der Waals surface area contributed by atoms with Crippen LogP contribution < -0.4 is 10.6 Å². The molecule has 3 aromatic carbocycles. The second-order valence-electron chi connectivity index (χ2n) is 8.81. The number of piperidine rings is 1. The molecule has 0 spiro atoms. The van der Waals surface area contributed by atoms with Gasteiger partial charge >= 0.3 is 0 Å². The average molecular weight is 488 g/mol. The maximum Gasteiger partial charge on any atom is 0.253 e. The van der Waals surface area contributed by atoms with Crippen molar-refractivity contribution in [1.82, 2.24) is 10.2 Å². The number of carbonyl (C=O) groups is 1. The Morgan fingerprint density at radius 3 is 2.26 bits per heavy atom. The van der Waals surface area contributed by atoms with Crippen LogP contribution in [0.5, 0.6) is 0 Å². The summed E-state index contributed by atoms with van der Waals surface area (Å²) in [5.74, 6) is 0.0865. The number of nitrogens with zero attached hydrogens (tertiary/aromatic N) is 1. The van der Waals surface area contributed by atoms with Crippen molar-refractivity contribution >= 4 is 28.8 Å². The third-order valence-electron chi connectivity index (χ3n) is 6.62. The van der Waals surface area contributed by atoms with Gasteiger partial charge in [-0.3, -0.25) is 4.79 Å². The quantitative estimate of drug-likeness (QED) is 0.375. The van der Waals surface area contributed by atoms with Gasteiger partial charge in [0.2, 0.25) is 0 Å². The third-order valence-corrected chi connectivity index (χ3v) is 6.99. The third kappa shape index (κ3) is 6.14. The van der Waals surface area contributed by atoms with Crippen molar-refractivity contribution in [2.24, 2.45) is 0 Å². The van der Waals surface area contributed by atoms with Crippen molar-refractivity contribution in [3.05, 3.63) is 106 Å². The second kappa shape index (κ2) is 12.1. The van der Waals surface area contributed by atoms with E-state index in [0.717, 1.165) is 53.3 Å². The van der Waals surface area contributed by atoms with Gasteiger partial charge in [-0.15, -0.1) is 0 Å². The summed E-state index contributed by atoms with van der Waals surface area (Å²) in [7, 11) is 0. The molecule has 1 amide bonds. The van der Waals surface area contributed by atoms with E-state index in [0.29, 0.717) is 19.6 Å². The van der Waals surface area contributed by atoms with Crippen molar-refractivity contribution in [1.29, 1.82) is 0 Å². The van der Waals surface area contributed by atoms with E-state index in [-0.39, 0.29) is 5.91 Å². The van der Waals surface area contributed by atoms with Gasteiger partial charge in [0.05, 0.1) is 0 Å². The lowest BCUT2D eigenvalue weighted by Crippen LogP contribution is -2.30. The molecule has 1 aliphatic heterocycles. The summed E-state index contributed by atoms with van der Waals surface area (Å²) in [6, 6.07) is 24.7.